The van der Waals surface area contributed by atoms with Crippen LogP contribution in [0.5, 0.6) is 0 Å². The van der Waals surface area contributed by atoms with Gasteiger partial charge in [0, 0.05) is 27.1 Å². The first-order valence-corrected chi connectivity index (χ1v) is 3.44. The Labute approximate surface area is 77.3 Å². The first-order valence-electron chi connectivity index (χ1n) is 3.44. The van der Waals surface area contributed by atoms with E-state index in [1.165, 1.54) is 0 Å². The quantitative estimate of drug-likeness (QED) is 0.734. The van der Waals surface area contributed by atoms with Gasteiger partial charge >= 0.3 is 0 Å². The molecular weight excluding hydrogens is 180 g/mol. The first-order chi connectivity index (χ1) is 5.24. The monoisotopic (exact) mass is 192 g/mol. The number of hydrogen-bond acceptors (Lipinski definition) is 5. The minimum Gasteiger partial charge on any atom is -0.344 e. The number of nitrogens with two attached hydrogens (primary N) is 1. The van der Waals surface area contributed by atoms with Crippen LogP contribution in [-0.4, -0.2) is 30.8 Å². The third-order valence-corrected chi connectivity index (χ3v) is 1.22. The number of nitrogens with zero attached hydrogens (tertiary/aromatic N) is 3. The molecule has 0 saturated carbocycles. The molecule has 1 heterocycles. The van der Waals surface area contributed by atoms with Gasteiger partial charge in [0.15, 0.2) is 0 Å². The summed E-state index contributed by atoms with van der Waals surface area (Å²) in [5.41, 5.74) is 5.30. The maximum Gasteiger partial charge on any atom is 0.265 e. The summed E-state index contributed by atoms with van der Waals surface area (Å²) >= 11 is 0. The molecule has 70 valence electrons. The van der Waals surface area contributed by atoms with Gasteiger partial charge in [0.1, 0.15) is 0 Å². The van der Waals surface area contributed by atoms with Crippen molar-refractivity contribution in [2.45, 2.75) is 6.42 Å². The van der Waals surface area contributed by atoms with Crippen LogP contribution in [0, 0.1) is 0 Å². The van der Waals surface area contributed by atoms with Crippen LogP contribution < -0.4 is 10.6 Å². The molecule has 0 fully saturated rings. The van der Waals surface area contributed by atoms with Crippen molar-refractivity contribution >= 4 is 18.4 Å². The summed E-state index contributed by atoms with van der Waals surface area (Å²) in [6.07, 6.45) is 0.640. The van der Waals surface area contributed by atoms with Gasteiger partial charge in [0.05, 0.1) is 0 Å². The molecule has 0 aromatic carbocycles. The molecule has 5 nitrogen and oxygen atoms in total. The molecule has 0 radical (unpaired) electrons. The van der Waals surface area contributed by atoms with E-state index < -0.39 is 0 Å². The van der Waals surface area contributed by atoms with Gasteiger partial charge in [-0.3, -0.25) is 0 Å². The van der Waals surface area contributed by atoms with Crippen molar-refractivity contribution in [2.24, 2.45) is 5.73 Å². The summed E-state index contributed by atoms with van der Waals surface area (Å²) in [6, 6.07) is 0. The average Bonchev–Trinajstić information content (AvgIpc) is 2.37. The minimum absolute atomic E-state index is 0. The van der Waals surface area contributed by atoms with Crippen LogP contribution in [-0.2, 0) is 6.42 Å². The topological polar surface area (TPSA) is 68.2 Å². The van der Waals surface area contributed by atoms with Crippen molar-refractivity contribution in [2.75, 3.05) is 25.5 Å². The van der Waals surface area contributed by atoms with Crippen LogP contribution >= 0.6 is 12.4 Å². The summed E-state index contributed by atoms with van der Waals surface area (Å²) in [5, 5.41) is 3.72. The molecule has 0 aliphatic heterocycles. The van der Waals surface area contributed by atoms with Gasteiger partial charge in [-0.2, -0.15) is 4.98 Å². The van der Waals surface area contributed by atoms with Crippen molar-refractivity contribution in [3.05, 3.63) is 5.89 Å². The summed E-state index contributed by atoms with van der Waals surface area (Å²) in [5.74, 6) is 1.18. The van der Waals surface area contributed by atoms with Gasteiger partial charge in [-0.05, 0) is 5.16 Å². The second-order valence-corrected chi connectivity index (χ2v) is 2.42. The number of hydrogen-bond donors (Lipinski definition) is 1. The van der Waals surface area contributed by atoms with Crippen molar-refractivity contribution in [3.63, 3.8) is 0 Å². The van der Waals surface area contributed by atoms with E-state index >= 15 is 0 Å². The third-order valence-electron chi connectivity index (χ3n) is 1.22. The molecule has 0 saturated heterocycles. The van der Waals surface area contributed by atoms with E-state index in [1.807, 2.05) is 14.1 Å². The Hall–Kier alpha value is -0.810. The van der Waals surface area contributed by atoms with Crippen molar-refractivity contribution < 1.29 is 4.52 Å². The van der Waals surface area contributed by atoms with E-state index in [9.17, 15) is 0 Å². The molecule has 6 heteroatoms. The predicted molar refractivity (Wildman–Crippen MR) is 48.6 cm³/mol. The third kappa shape index (κ3) is 2.67. The van der Waals surface area contributed by atoms with Gasteiger partial charge in [-0.15, -0.1) is 12.4 Å². The predicted octanol–water partition coefficient (Wildman–Crippen LogP) is 0.0586. The van der Waals surface area contributed by atoms with E-state index in [1.54, 1.807) is 4.90 Å². The largest absolute Gasteiger partial charge is 0.344 e. The van der Waals surface area contributed by atoms with Crippen LogP contribution in [0.25, 0.3) is 0 Å². The second-order valence-electron chi connectivity index (χ2n) is 2.42. The Bertz CT molecular complexity index is 225. The second kappa shape index (κ2) is 4.95. The number of rotatable bonds is 3. The van der Waals surface area contributed by atoms with Crippen molar-refractivity contribution in [3.8, 4) is 0 Å². The Morgan fingerprint density at radius 1 is 1.50 bits per heavy atom. The van der Waals surface area contributed by atoms with E-state index in [4.69, 9.17) is 10.3 Å². The highest BCUT2D eigenvalue weighted by atomic mass is 35.5. The lowest BCUT2D eigenvalue weighted by Crippen LogP contribution is -2.10. The molecule has 0 aliphatic rings. The smallest absolute Gasteiger partial charge is 0.265 e. The Morgan fingerprint density at radius 3 is 2.58 bits per heavy atom. The SMILES string of the molecule is CN(C)c1noc(CCN)n1.Cl. The van der Waals surface area contributed by atoms with E-state index in [2.05, 4.69) is 10.1 Å². The van der Waals surface area contributed by atoms with E-state index in [-0.39, 0.29) is 12.4 Å². The first kappa shape index (κ1) is 11.2. The Kier molecular flexibility index (Phi) is 4.61. The zero-order valence-electron chi connectivity index (χ0n) is 7.15. The number of aromatic nitrogens is 2. The lowest BCUT2D eigenvalue weighted by Gasteiger charge is -2.02. The molecule has 1 aromatic rings. The van der Waals surface area contributed by atoms with Crippen LogP contribution in [0.15, 0.2) is 4.52 Å². The van der Waals surface area contributed by atoms with Crippen LogP contribution in [0.1, 0.15) is 5.89 Å². The lowest BCUT2D eigenvalue weighted by atomic mass is 10.4. The summed E-state index contributed by atoms with van der Waals surface area (Å²) in [6.45, 7) is 0.537. The standard InChI is InChI=1S/C6H12N4O.ClH/c1-10(2)6-8-5(3-4-7)11-9-6;/h3-4,7H2,1-2H3;1H. The van der Waals surface area contributed by atoms with Crippen LogP contribution in [0.2, 0.25) is 0 Å². The molecule has 0 bridgehead atoms. The molecule has 2 N–H and O–H groups in total. The maximum atomic E-state index is 5.30. The molecular formula is C6H13ClN4O. The molecule has 1 aromatic heterocycles. The molecule has 0 atom stereocenters. The Balaban J connectivity index is 0.00000121. The fourth-order valence-corrected chi connectivity index (χ4v) is 0.653. The highest BCUT2D eigenvalue weighted by molar-refractivity contribution is 5.85. The molecule has 0 aliphatic carbocycles. The molecule has 0 unspecified atom stereocenters. The van der Waals surface area contributed by atoms with Crippen molar-refractivity contribution in [1.29, 1.82) is 0 Å². The van der Waals surface area contributed by atoms with Gasteiger partial charge in [0.2, 0.25) is 5.89 Å². The summed E-state index contributed by atoms with van der Waals surface area (Å²) in [4.78, 5) is 5.85. The normalized spacial score (nSPS) is 9.25. The summed E-state index contributed by atoms with van der Waals surface area (Å²) in [7, 11) is 3.72. The molecule has 12 heavy (non-hydrogen) atoms. The minimum atomic E-state index is 0. The highest BCUT2D eigenvalue weighted by Crippen LogP contribution is 2.04. The van der Waals surface area contributed by atoms with Gasteiger partial charge in [-0.1, -0.05) is 0 Å². The lowest BCUT2D eigenvalue weighted by molar-refractivity contribution is 0.379. The highest BCUT2D eigenvalue weighted by Gasteiger charge is 2.05. The number of halogens is 1. The van der Waals surface area contributed by atoms with Crippen molar-refractivity contribution in [1.82, 2.24) is 10.1 Å². The van der Waals surface area contributed by atoms with Crippen LogP contribution in [0.4, 0.5) is 5.95 Å². The van der Waals surface area contributed by atoms with Gasteiger partial charge in [-0.25, -0.2) is 0 Å². The van der Waals surface area contributed by atoms with E-state index in [0.717, 1.165) is 0 Å². The molecule has 0 amide bonds. The van der Waals surface area contributed by atoms with Gasteiger partial charge in [0.25, 0.3) is 5.95 Å². The maximum absolute atomic E-state index is 5.30. The fraction of sp³-hybridized carbons (Fsp3) is 0.667. The molecule has 0 spiro atoms. The fourth-order valence-electron chi connectivity index (χ4n) is 0.653. The molecule has 1 rings (SSSR count). The average molecular weight is 193 g/mol. The Morgan fingerprint density at radius 2 is 2.17 bits per heavy atom. The number of anilines is 1. The zero-order chi connectivity index (χ0) is 8.27. The van der Waals surface area contributed by atoms with Gasteiger partial charge < -0.3 is 15.2 Å². The van der Waals surface area contributed by atoms with Crippen LogP contribution in [0.3, 0.4) is 0 Å². The summed E-state index contributed by atoms with van der Waals surface area (Å²) < 4.78 is 4.88. The van der Waals surface area contributed by atoms with E-state index in [0.29, 0.717) is 24.8 Å². The zero-order valence-corrected chi connectivity index (χ0v) is 7.97.